The van der Waals surface area contributed by atoms with Crippen molar-refractivity contribution >= 4 is 17.3 Å². The summed E-state index contributed by atoms with van der Waals surface area (Å²) in [5.41, 5.74) is 0.308. The largest absolute Gasteiger partial charge is 0.470 e. The van der Waals surface area contributed by atoms with Crippen molar-refractivity contribution in [2.75, 3.05) is 11.6 Å². The van der Waals surface area contributed by atoms with Crippen LogP contribution in [0, 0.1) is 16.0 Å². The Morgan fingerprint density at radius 2 is 1.85 bits per heavy atom. The molecule has 27 heavy (non-hydrogen) atoms. The Hall–Kier alpha value is -3.22. The highest BCUT2D eigenvalue weighted by Gasteiger charge is 2.65. The molecule has 0 saturated carbocycles. The minimum Gasteiger partial charge on any atom is -0.470 e. The molecule has 0 aromatic heterocycles. The van der Waals surface area contributed by atoms with Crippen LogP contribution in [-0.4, -0.2) is 28.7 Å². The van der Waals surface area contributed by atoms with E-state index in [2.05, 4.69) is 5.10 Å². The van der Waals surface area contributed by atoms with Crippen LogP contribution in [0.1, 0.15) is 25.3 Å². The summed E-state index contributed by atoms with van der Waals surface area (Å²) in [6, 6.07) is 16.2. The van der Waals surface area contributed by atoms with Crippen LogP contribution in [-0.2, 0) is 4.79 Å². The number of amides is 1. The summed E-state index contributed by atoms with van der Waals surface area (Å²) < 4.78 is 6.18. The zero-order chi connectivity index (χ0) is 19.2. The molecule has 138 valence electrons. The van der Waals surface area contributed by atoms with Gasteiger partial charge in [0.15, 0.2) is 0 Å². The molecule has 2 aliphatic rings. The quantitative estimate of drug-likeness (QED) is 0.615. The van der Waals surface area contributed by atoms with Gasteiger partial charge in [0.25, 0.3) is 5.91 Å². The zero-order valence-electron chi connectivity index (χ0n) is 15.0. The van der Waals surface area contributed by atoms with E-state index in [0.717, 1.165) is 0 Å². The van der Waals surface area contributed by atoms with E-state index in [1.165, 1.54) is 5.01 Å². The van der Waals surface area contributed by atoms with Gasteiger partial charge in [0, 0.05) is 10.5 Å². The van der Waals surface area contributed by atoms with Gasteiger partial charge in [-0.3, -0.25) is 14.9 Å². The summed E-state index contributed by atoms with van der Waals surface area (Å²) in [6.45, 7) is 3.42. The first-order chi connectivity index (χ1) is 12.9. The summed E-state index contributed by atoms with van der Waals surface area (Å²) in [7, 11) is 0. The molecule has 0 N–H and O–H groups in total. The van der Waals surface area contributed by atoms with Crippen LogP contribution < -0.4 is 9.75 Å². The Morgan fingerprint density at radius 3 is 2.52 bits per heavy atom. The summed E-state index contributed by atoms with van der Waals surface area (Å²) in [5, 5.41) is 17.3. The summed E-state index contributed by atoms with van der Waals surface area (Å²) >= 11 is 0. The third-order valence-electron chi connectivity index (χ3n) is 5.03. The van der Waals surface area contributed by atoms with E-state index in [4.69, 9.17) is 4.74 Å². The highest BCUT2D eigenvalue weighted by molar-refractivity contribution is 6.24. The smallest absolute Gasteiger partial charge is 0.298 e. The molecule has 2 aromatic carbocycles. The maximum Gasteiger partial charge on any atom is 0.298 e. The number of hydrogen-bond donors (Lipinski definition) is 0. The first-order valence-electron chi connectivity index (χ1n) is 8.83. The molecule has 0 saturated heterocycles. The number of para-hydroxylation sites is 2. The predicted molar refractivity (Wildman–Crippen MR) is 101 cm³/mol. The van der Waals surface area contributed by atoms with Crippen molar-refractivity contribution in [1.29, 1.82) is 0 Å². The van der Waals surface area contributed by atoms with Gasteiger partial charge in [-0.05, 0) is 24.1 Å². The molecular formula is C20H19N3O4. The fourth-order valence-electron chi connectivity index (χ4n) is 3.91. The molecule has 7 heteroatoms. The number of ether oxygens (including phenoxy) is 1. The van der Waals surface area contributed by atoms with Gasteiger partial charge in [-0.1, -0.05) is 50.2 Å². The van der Waals surface area contributed by atoms with Gasteiger partial charge >= 0.3 is 0 Å². The molecule has 7 nitrogen and oxygen atoms in total. The number of nitrogens with zero attached hydrogens (tertiary/aromatic N) is 3. The lowest BCUT2D eigenvalue weighted by Crippen LogP contribution is -2.55. The van der Waals surface area contributed by atoms with Crippen molar-refractivity contribution in [2.24, 2.45) is 11.0 Å². The Bertz CT molecular complexity index is 941. The number of hydrogen-bond acceptors (Lipinski definition) is 5. The number of rotatable bonds is 4. The number of fused-ring (bicyclic) bond motifs is 1. The first kappa shape index (κ1) is 17.2. The number of nitro groups is 1. The van der Waals surface area contributed by atoms with Gasteiger partial charge in [-0.2, -0.15) is 10.1 Å². The molecule has 2 aliphatic heterocycles. The van der Waals surface area contributed by atoms with Crippen LogP contribution in [0.5, 0.6) is 5.75 Å². The topological polar surface area (TPSA) is 85.0 Å². The second-order valence-corrected chi connectivity index (χ2v) is 7.04. The number of carbonyl (C=O) groups is 1. The van der Waals surface area contributed by atoms with E-state index >= 15 is 0 Å². The number of hydrazone groups is 1. The summed E-state index contributed by atoms with van der Waals surface area (Å²) in [4.78, 5) is 24.6. The van der Waals surface area contributed by atoms with Crippen LogP contribution in [0.3, 0.4) is 0 Å². The third-order valence-corrected chi connectivity index (χ3v) is 5.03. The van der Waals surface area contributed by atoms with E-state index in [9.17, 15) is 14.9 Å². The first-order valence-corrected chi connectivity index (χ1v) is 8.83. The fraction of sp³-hybridized carbons (Fsp3) is 0.300. The molecule has 4 rings (SSSR count). The van der Waals surface area contributed by atoms with E-state index in [0.29, 0.717) is 22.7 Å². The normalized spacial score (nSPS) is 23.5. The highest BCUT2D eigenvalue weighted by atomic mass is 16.6. The van der Waals surface area contributed by atoms with Gasteiger partial charge in [0.2, 0.25) is 12.1 Å². The Kier molecular flexibility index (Phi) is 3.95. The van der Waals surface area contributed by atoms with Gasteiger partial charge in [0.05, 0.1) is 11.4 Å². The van der Waals surface area contributed by atoms with E-state index in [1.807, 2.05) is 32.0 Å². The summed E-state index contributed by atoms with van der Waals surface area (Å²) in [5.74, 6) is -0.737. The fourth-order valence-corrected chi connectivity index (χ4v) is 3.91. The van der Waals surface area contributed by atoms with Crippen LogP contribution >= 0.6 is 0 Å². The average molecular weight is 365 g/mol. The maximum absolute atomic E-state index is 13.6. The second kappa shape index (κ2) is 6.19. The monoisotopic (exact) mass is 365 g/mol. The van der Waals surface area contributed by atoms with E-state index in [1.54, 1.807) is 36.4 Å². The highest BCUT2D eigenvalue weighted by Crippen LogP contribution is 2.50. The van der Waals surface area contributed by atoms with Gasteiger partial charge in [-0.15, -0.1) is 0 Å². The number of benzene rings is 2. The van der Waals surface area contributed by atoms with Crippen LogP contribution in [0.25, 0.3) is 0 Å². The molecule has 1 spiro atoms. The lowest BCUT2D eigenvalue weighted by atomic mass is 9.77. The van der Waals surface area contributed by atoms with Crippen LogP contribution in [0.15, 0.2) is 59.7 Å². The molecule has 2 heterocycles. The van der Waals surface area contributed by atoms with Crippen LogP contribution in [0.2, 0.25) is 0 Å². The zero-order valence-corrected chi connectivity index (χ0v) is 15.0. The van der Waals surface area contributed by atoms with Gasteiger partial charge in [0.1, 0.15) is 11.7 Å². The van der Waals surface area contributed by atoms with Crippen molar-refractivity contribution in [3.8, 4) is 5.75 Å². The Balaban J connectivity index is 1.88. The van der Waals surface area contributed by atoms with Crippen LogP contribution in [0.4, 0.5) is 5.69 Å². The van der Waals surface area contributed by atoms with E-state index < -0.39 is 23.0 Å². The SMILES string of the molecule is CC(C)C1=NN(c2ccccc2)C(=O)[C@@]12Oc1ccccc1[C@@H]2C[N+](=O)[O-]. The molecule has 0 radical (unpaired) electrons. The number of carbonyl (C=O) groups excluding carboxylic acids is 1. The molecule has 1 amide bonds. The Morgan fingerprint density at radius 1 is 1.19 bits per heavy atom. The molecule has 2 aromatic rings. The minimum atomic E-state index is -1.49. The maximum atomic E-state index is 13.6. The van der Waals surface area contributed by atoms with Gasteiger partial charge < -0.3 is 4.74 Å². The molecular weight excluding hydrogens is 346 g/mol. The van der Waals surface area contributed by atoms with Crippen molar-refractivity contribution in [2.45, 2.75) is 25.4 Å². The molecule has 0 fully saturated rings. The summed E-state index contributed by atoms with van der Waals surface area (Å²) in [6.07, 6.45) is 0. The molecule has 0 aliphatic carbocycles. The molecule has 0 unspecified atom stereocenters. The van der Waals surface area contributed by atoms with Crippen molar-refractivity contribution < 1.29 is 14.5 Å². The number of anilines is 1. The average Bonchev–Trinajstić information content (AvgIpc) is 3.12. The van der Waals surface area contributed by atoms with Crippen molar-refractivity contribution in [3.63, 3.8) is 0 Å². The molecule has 2 atom stereocenters. The predicted octanol–water partition coefficient (Wildman–Crippen LogP) is 3.24. The molecule has 0 bridgehead atoms. The van der Waals surface area contributed by atoms with Crippen molar-refractivity contribution in [1.82, 2.24) is 0 Å². The second-order valence-electron chi connectivity index (χ2n) is 7.04. The van der Waals surface area contributed by atoms with E-state index in [-0.39, 0.29) is 11.8 Å². The van der Waals surface area contributed by atoms with Gasteiger partial charge in [-0.25, -0.2) is 0 Å². The van der Waals surface area contributed by atoms with Crippen molar-refractivity contribution in [3.05, 3.63) is 70.3 Å². The Labute approximate surface area is 156 Å². The third kappa shape index (κ3) is 2.50. The minimum absolute atomic E-state index is 0.119. The lowest BCUT2D eigenvalue weighted by molar-refractivity contribution is -0.484. The lowest BCUT2D eigenvalue weighted by Gasteiger charge is -2.29. The standard InChI is InChI=1S/C20H19N3O4/c1-13(2)18-20(19(24)23(21-18)14-8-4-3-5-9-14)16(12-22(25)26)15-10-6-7-11-17(15)27-20/h3-11,13,16H,12H2,1-2H3/t16-,20-/m0/s1.